The Hall–Kier alpha value is -3.42. The third-order valence-electron chi connectivity index (χ3n) is 6.97. The smallest absolute Gasteiger partial charge is 0.414 e. The van der Waals surface area contributed by atoms with Crippen LogP contribution in [-0.4, -0.2) is 24.0 Å². The van der Waals surface area contributed by atoms with Crippen molar-refractivity contribution in [3.05, 3.63) is 105 Å². The summed E-state index contributed by atoms with van der Waals surface area (Å²) in [7, 11) is 1.38. The molecule has 6 rings (SSSR count). The molecule has 0 saturated carbocycles. The first-order valence-electron chi connectivity index (χ1n) is 11.5. The van der Waals surface area contributed by atoms with Crippen LogP contribution < -0.4 is 5.32 Å². The number of carbonyl (C=O) groups is 2. The van der Waals surface area contributed by atoms with Crippen molar-refractivity contribution in [3.63, 3.8) is 0 Å². The molecule has 2 bridgehead atoms. The number of ether oxygens (including phenoxy) is 2. The summed E-state index contributed by atoms with van der Waals surface area (Å²) in [6, 6.07) is 23.1. The van der Waals surface area contributed by atoms with Crippen molar-refractivity contribution in [1.29, 1.82) is 0 Å². The molecule has 3 aliphatic rings. The third-order valence-corrected chi connectivity index (χ3v) is 7.50. The highest BCUT2D eigenvalue weighted by molar-refractivity contribution is 9.10. The number of rotatable bonds is 3. The largest absolute Gasteiger partial charge is 0.452 e. The lowest BCUT2D eigenvalue weighted by Gasteiger charge is -2.42. The van der Waals surface area contributed by atoms with Gasteiger partial charge in [-0.05, 0) is 46.5 Å². The van der Waals surface area contributed by atoms with Gasteiger partial charge in [-0.15, -0.1) is 0 Å². The fraction of sp³-hybridized carbons (Fsp3) is 0.214. The lowest BCUT2D eigenvalue weighted by atomic mass is 9.82. The quantitative estimate of drug-likeness (QED) is 0.418. The van der Waals surface area contributed by atoms with Crippen LogP contribution >= 0.6 is 15.9 Å². The number of carbonyl (C=O) groups excluding carboxylic acids is 2. The van der Waals surface area contributed by atoms with E-state index in [0.29, 0.717) is 12.1 Å². The molecule has 3 heterocycles. The summed E-state index contributed by atoms with van der Waals surface area (Å²) >= 11 is 3.41. The fourth-order valence-corrected chi connectivity index (χ4v) is 5.78. The minimum Gasteiger partial charge on any atom is -0.452 e. The number of halogens is 1. The molecule has 3 atom stereocenters. The molecule has 0 aromatic heterocycles. The first-order valence-corrected chi connectivity index (χ1v) is 12.3. The van der Waals surface area contributed by atoms with E-state index in [9.17, 15) is 9.59 Å². The second-order valence-corrected chi connectivity index (χ2v) is 9.82. The van der Waals surface area contributed by atoms with Crippen LogP contribution in [0, 0.1) is 0 Å². The average Bonchev–Trinajstić information content (AvgIpc) is 3.17. The highest BCUT2D eigenvalue weighted by atomic mass is 79.9. The zero-order chi connectivity index (χ0) is 24.1. The maximum absolute atomic E-state index is 13.2. The van der Waals surface area contributed by atoms with Crippen LogP contribution in [-0.2, 0) is 14.3 Å². The number of anilines is 1. The summed E-state index contributed by atoms with van der Waals surface area (Å²) < 4.78 is 12.6. The first-order chi connectivity index (χ1) is 17.0. The predicted molar refractivity (Wildman–Crippen MR) is 135 cm³/mol. The van der Waals surface area contributed by atoms with Gasteiger partial charge in [0.2, 0.25) is 5.91 Å². The zero-order valence-electron chi connectivity index (χ0n) is 19.0. The van der Waals surface area contributed by atoms with Crippen LogP contribution in [0.15, 0.2) is 83.0 Å². The summed E-state index contributed by atoms with van der Waals surface area (Å²) in [5.74, 6) is -0.177. The highest BCUT2D eigenvalue weighted by Gasteiger charge is 2.48. The van der Waals surface area contributed by atoms with Crippen LogP contribution in [0.5, 0.6) is 0 Å². The molecular weight excluding hydrogens is 508 g/mol. The highest BCUT2D eigenvalue weighted by Crippen LogP contribution is 2.58. The van der Waals surface area contributed by atoms with Gasteiger partial charge >= 0.3 is 6.09 Å². The zero-order valence-corrected chi connectivity index (χ0v) is 20.6. The van der Waals surface area contributed by atoms with Crippen molar-refractivity contribution < 1.29 is 19.1 Å². The van der Waals surface area contributed by atoms with Crippen LogP contribution in [0.4, 0.5) is 10.5 Å². The van der Waals surface area contributed by atoms with Crippen LogP contribution in [0.1, 0.15) is 53.3 Å². The van der Waals surface area contributed by atoms with E-state index in [1.807, 2.05) is 54.6 Å². The normalized spacial score (nSPS) is 21.7. The minimum atomic E-state index is -0.492. The Labute approximate surface area is 211 Å². The molecule has 2 amide bonds. The number of amides is 2. The Balaban J connectivity index is 1.42. The molecule has 35 heavy (non-hydrogen) atoms. The molecule has 0 aliphatic carbocycles. The number of hydrogen-bond acceptors (Lipinski definition) is 4. The molecule has 0 spiro atoms. The number of methoxy groups -OCH3 is 1. The number of nitrogens with one attached hydrogen (secondary N) is 1. The first kappa shape index (κ1) is 22.1. The second-order valence-electron chi connectivity index (χ2n) is 8.90. The molecule has 7 heteroatoms. The van der Waals surface area contributed by atoms with E-state index in [2.05, 4.69) is 39.4 Å². The molecule has 0 unspecified atom stereocenters. The van der Waals surface area contributed by atoms with Gasteiger partial charge in [0.1, 0.15) is 6.10 Å². The van der Waals surface area contributed by atoms with E-state index >= 15 is 0 Å². The van der Waals surface area contributed by atoms with Crippen molar-refractivity contribution in [2.45, 2.75) is 31.1 Å². The van der Waals surface area contributed by atoms with Gasteiger partial charge in [0.05, 0.1) is 25.7 Å². The number of fused-ring (bicyclic) bond motifs is 8. The van der Waals surface area contributed by atoms with E-state index in [4.69, 9.17) is 9.47 Å². The topological polar surface area (TPSA) is 67.9 Å². The minimum absolute atomic E-state index is 0.0993. The van der Waals surface area contributed by atoms with Gasteiger partial charge in [0, 0.05) is 27.9 Å². The van der Waals surface area contributed by atoms with E-state index in [1.54, 1.807) is 4.90 Å². The van der Waals surface area contributed by atoms with E-state index in [1.165, 1.54) is 7.11 Å². The van der Waals surface area contributed by atoms with Crippen LogP contribution in [0.25, 0.3) is 5.57 Å². The Morgan fingerprint density at radius 2 is 1.69 bits per heavy atom. The van der Waals surface area contributed by atoms with Crippen LogP contribution in [0.3, 0.4) is 0 Å². The lowest BCUT2D eigenvalue weighted by Crippen LogP contribution is -2.41. The maximum Gasteiger partial charge on any atom is 0.414 e. The second kappa shape index (κ2) is 8.66. The van der Waals surface area contributed by atoms with Crippen molar-refractivity contribution in [2.75, 3.05) is 12.4 Å². The maximum atomic E-state index is 13.2. The molecule has 3 aromatic rings. The summed E-state index contributed by atoms with van der Waals surface area (Å²) in [6.07, 6.45) is -0.228. The van der Waals surface area contributed by atoms with Crippen LogP contribution in [0.2, 0.25) is 0 Å². The molecule has 6 nitrogen and oxygen atoms in total. The Morgan fingerprint density at radius 3 is 2.43 bits per heavy atom. The standard InChI is InChI=1S/C28H23BrN2O4/c1-34-28(33)31-22(15-25(32)30-17-12-10-16(29)11-13-17)18-6-2-4-8-20(18)26-23(31)14-24-19-7-3-5-9-21(19)27(26)35-24/h2-13,22,24,27H,14-15H2,1H3,(H,30,32)/t22-,24-,27-/m0/s1. The Morgan fingerprint density at radius 1 is 1.00 bits per heavy atom. The van der Waals surface area contributed by atoms with Gasteiger partial charge in [-0.2, -0.15) is 0 Å². The summed E-state index contributed by atoms with van der Waals surface area (Å²) in [4.78, 5) is 28.1. The van der Waals surface area contributed by atoms with Gasteiger partial charge in [-0.1, -0.05) is 64.5 Å². The summed E-state index contributed by atoms with van der Waals surface area (Å²) in [5.41, 5.74) is 6.77. The van der Waals surface area contributed by atoms with Crippen molar-refractivity contribution in [2.24, 2.45) is 0 Å². The SMILES string of the molecule is COC(=O)N1C2=C(c3ccccc3[C@@H]1CC(=O)Nc1ccc(Br)cc1)[C@H]1O[C@@H](C2)c2ccccc21. The fourth-order valence-electron chi connectivity index (χ4n) is 5.52. The molecule has 3 aromatic carbocycles. The molecular formula is C28H23BrN2O4. The molecule has 0 saturated heterocycles. The molecule has 1 N–H and O–H groups in total. The van der Waals surface area contributed by atoms with E-state index in [0.717, 1.165) is 38.0 Å². The average molecular weight is 531 g/mol. The number of hydrogen-bond donors (Lipinski definition) is 1. The van der Waals surface area contributed by atoms with Gasteiger partial charge < -0.3 is 14.8 Å². The number of benzene rings is 3. The monoisotopic (exact) mass is 530 g/mol. The van der Waals surface area contributed by atoms with Crippen molar-refractivity contribution in [3.8, 4) is 0 Å². The Kier molecular flexibility index (Phi) is 5.46. The molecule has 3 aliphatic heterocycles. The summed E-state index contributed by atoms with van der Waals surface area (Å²) in [6.45, 7) is 0. The lowest BCUT2D eigenvalue weighted by molar-refractivity contribution is -0.117. The number of nitrogens with zero attached hydrogens (tertiary/aromatic N) is 1. The van der Waals surface area contributed by atoms with E-state index < -0.39 is 12.1 Å². The molecule has 0 fully saturated rings. The van der Waals surface area contributed by atoms with Crippen molar-refractivity contribution >= 4 is 39.2 Å². The van der Waals surface area contributed by atoms with E-state index in [-0.39, 0.29) is 24.5 Å². The molecule has 0 radical (unpaired) electrons. The van der Waals surface area contributed by atoms with Crippen molar-refractivity contribution in [1.82, 2.24) is 4.90 Å². The predicted octanol–water partition coefficient (Wildman–Crippen LogP) is 6.53. The Bertz CT molecular complexity index is 1370. The van der Waals surface area contributed by atoms with Gasteiger partial charge in [0.15, 0.2) is 0 Å². The van der Waals surface area contributed by atoms with Gasteiger partial charge in [0.25, 0.3) is 0 Å². The molecule has 176 valence electrons. The van der Waals surface area contributed by atoms with Gasteiger partial charge in [-0.3, -0.25) is 9.69 Å². The van der Waals surface area contributed by atoms with Gasteiger partial charge in [-0.25, -0.2) is 4.79 Å². The third kappa shape index (κ3) is 3.66. The summed E-state index contributed by atoms with van der Waals surface area (Å²) in [5, 5.41) is 2.96.